The zero-order valence-electron chi connectivity index (χ0n) is 15.4. The Morgan fingerprint density at radius 1 is 1.32 bits per heavy atom. The van der Waals surface area contributed by atoms with E-state index < -0.39 is 16.7 Å². The number of hydrogen-bond acceptors (Lipinski definition) is 4. The van der Waals surface area contributed by atoms with Crippen LogP contribution in [0.15, 0.2) is 28.6 Å². The molecule has 0 atom stereocenters. The second-order valence-corrected chi connectivity index (χ2v) is 6.91. The van der Waals surface area contributed by atoms with Crippen molar-refractivity contribution in [3.05, 3.63) is 39.8 Å². The van der Waals surface area contributed by atoms with Crippen molar-refractivity contribution in [2.75, 3.05) is 0 Å². The molecule has 25 heavy (non-hydrogen) atoms. The molecule has 0 radical (unpaired) electrons. The Hall–Kier alpha value is -2.44. The maximum absolute atomic E-state index is 12.9. The first-order chi connectivity index (χ1) is 11.8. The molecule has 136 valence electrons. The molecule has 0 aliphatic carbocycles. The monoisotopic (exact) mass is 346 g/mol. The summed E-state index contributed by atoms with van der Waals surface area (Å²) < 4.78 is 3.81. The van der Waals surface area contributed by atoms with Crippen molar-refractivity contribution in [1.29, 1.82) is 0 Å². The lowest BCUT2D eigenvalue weighted by Crippen LogP contribution is -2.40. The maximum Gasteiger partial charge on any atom is 0.332 e. The van der Waals surface area contributed by atoms with Gasteiger partial charge in [0.2, 0.25) is 5.91 Å². The molecule has 2 aromatic heterocycles. The number of hydrogen-bond donors (Lipinski definition) is 0. The van der Waals surface area contributed by atoms with E-state index in [4.69, 9.17) is 0 Å². The van der Waals surface area contributed by atoms with Gasteiger partial charge < -0.3 is 0 Å². The summed E-state index contributed by atoms with van der Waals surface area (Å²) in [5, 5.41) is 0. The summed E-state index contributed by atoms with van der Waals surface area (Å²) in [6, 6.07) is 0. The van der Waals surface area contributed by atoms with Crippen LogP contribution >= 0.6 is 0 Å². The topological polar surface area (TPSA) is 78.9 Å². The summed E-state index contributed by atoms with van der Waals surface area (Å²) in [6.07, 6.45) is 6.15. The molecule has 2 rings (SSSR count). The number of carbonyl (C=O) groups excluding carboxylic acids is 1. The van der Waals surface area contributed by atoms with E-state index in [2.05, 4.69) is 11.6 Å². The summed E-state index contributed by atoms with van der Waals surface area (Å²) in [4.78, 5) is 42.3. The maximum atomic E-state index is 12.9. The van der Waals surface area contributed by atoms with Gasteiger partial charge in [0.25, 0.3) is 5.56 Å². The third kappa shape index (κ3) is 3.36. The number of allylic oxidation sites excluding steroid dienone is 1. The third-order valence-corrected chi connectivity index (χ3v) is 4.75. The van der Waals surface area contributed by atoms with E-state index in [1.165, 1.54) is 20.0 Å². The van der Waals surface area contributed by atoms with Gasteiger partial charge in [0.15, 0.2) is 11.2 Å². The summed E-state index contributed by atoms with van der Waals surface area (Å²) in [7, 11) is 1.57. The van der Waals surface area contributed by atoms with Crippen molar-refractivity contribution in [1.82, 2.24) is 18.7 Å². The zero-order valence-corrected chi connectivity index (χ0v) is 15.4. The van der Waals surface area contributed by atoms with Crippen molar-refractivity contribution in [2.45, 2.75) is 53.0 Å². The van der Waals surface area contributed by atoms with E-state index in [9.17, 15) is 14.4 Å². The average Bonchev–Trinajstić information content (AvgIpc) is 3.03. The Bertz CT molecular complexity index is 915. The van der Waals surface area contributed by atoms with Crippen molar-refractivity contribution in [3.63, 3.8) is 0 Å². The molecule has 0 fully saturated rings. The van der Waals surface area contributed by atoms with E-state index in [1.807, 2.05) is 26.8 Å². The lowest BCUT2D eigenvalue weighted by Gasteiger charge is -2.21. The SMILES string of the molecule is C=CCCCCn1c(=O)c2c(ncn2C(=O)C(C)(C)CC)n(C)c1=O. The molecule has 0 aromatic carbocycles. The van der Waals surface area contributed by atoms with Gasteiger partial charge in [-0.1, -0.05) is 26.8 Å². The molecule has 0 aliphatic rings. The Labute approximate surface area is 146 Å². The molecular weight excluding hydrogens is 320 g/mol. The normalized spacial score (nSPS) is 11.8. The average molecular weight is 346 g/mol. The Morgan fingerprint density at radius 3 is 2.60 bits per heavy atom. The lowest BCUT2D eigenvalue weighted by atomic mass is 9.89. The van der Waals surface area contributed by atoms with E-state index in [1.54, 1.807) is 7.05 Å². The molecule has 2 aromatic rings. The van der Waals surface area contributed by atoms with Crippen molar-refractivity contribution in [2.24, 2.45) is 12.5 Å². The van der Waals surface area contributed by atoms with Crippen molar-refractivity contribution < 1.29 is 4.79 Å². The minimum absolute atomic E-state index is 0.164. The van der Waals surface area contributed by atoms with Gasteiger partial charge in [0.05, 0.1) is 0 Å². The molecule has 0 saturated carbocycles. The molecule has 0 saturated heterocycles. The highest BCUT2D eigenvalue weighted by Gasteiger charge is 2.29. The first-order valence-corrected chi connectivity index (χ1v) is 8.58. The van der Waals surface area contributed by atoms with Crippen LogP contribution in [0.1, 0.15) is 51.2 Å². The number of imidazole rings is 1. The molecule has 7 nitrogen and oxygen atoms in total. The number of nitrogens with zero attached hydrogens (tertiary/aromatic N) is 4. The van der Waals surface area contributed by atoms with Crippen LogP contribution in [-0.2, 0) is 13.6 Å². The minimum atomic E-state index is -0.621. The largest absolute Gasteiger partial charge is 0.332 e. The van der Waals surface area contributed by atoms with Crippen LogP contribution < -0.4 is 11.2 Å². The van der Waals surface area contributed by atoms with Gasteiger partial charge >= 0.3 is 5.69 Å². The van der Waals surface area contributed by atoms with Gasteiger partial charge in [-0.3, -0.25) is 23.3 Å². The molecular formula is C18H26N4O3. The molecule has 0 amide bonds. The van der Waals surface area contributed by atoms with Gasteiger partial charge in [-0.15, -0.1) is 6.58 Å². The summed E-state index contributed by atoms with van der Waals surface area (Å²) >= 11 is 0. The fourth-order valence-electron chi connectivity index (χ4n) is 2.66. The number of carbonyl (C=O) groups is 1. The predicted molar refractivity (Wildman–Crippen MR) is 98.0 cm³/mol. The van der Waals surface area contributed by atoms with Crippen LogP contribution in [0, 0.1) is 5.41 Å². The molecule has 0 spiro atoms. The van der Waals surface area contributed by atoms with E-state index in [0.717, 1.165) is 12.8 Å². The molecule has 0 N–H and O–H groups in total. The second kappa shape index (κ2) is 7.21. The van der Waals surface area contributed by atoms with Gasteiger partial charge in [0.1, 0.15) is 6.33 Å². The fourth-order valence-corrected chi connectivity index (χ4v) is 2.66. The van der Waals surface area contributed by atoms with Crippen LogP contribution in [-0.4, -0.2) is 24.6 Å². The molecule has 7 heteroatoms. The summed E-state index contributed by atoms with van der Waals surface area (Å²) in [5.74, 6) is -0.202. The van der Waals surface area contributed by atoms with Crippen molar-refractivity contribution >= 4 is 17.1 Å². The minimum Gasteiger partial charge on any atom is -0.279 e. The van der Waals surface area contributed by atoms with Gasteiger partial charge in [-0.05, 0) is 25.7 Å². The summed E-state index contributed by atoms with van der Waals surface area (Å²) in [5.41, 5.74) is -1.10. The Kier molecular flexibility index (Phi) is 5.45. The highest BCUT2D eigenvalue weighted by Crippen LogP contribution is 2.23. The fraction of sp³-hybridized carbons (Fsp3) is 0.556. The van der Waals surface area contributed by atoms with Gasteiger partial charge in [-0.2, -0.15) is 0 Å². The van der Waals surface area contributed by atoms with E-state index in [-0.39, 0.29) is 17.1 Å². The number of aromatic nitrogens is 4. The standard InChI is InChI=1S/C18H26N4O3/c1-6-8-9-10-11-21-15(23)13-14(20(5)17(21)25)19-12-22(13)16(24)18(3,4)7-2/h6,12H,1,7-11H2,2-5H3. The first-order valence-electron chi connectivity index (χ1n) is 8.58. The zero-order chi connectivity index (χ0) is 18.8. The molecule has 0 unspecified atom stereocenters. The van der Waals surface area contributed by atoms with E-state index in [0.29, 0.717) is 19.4 Å². The predicted octanol–water partition coefficient (Wildman–Crippen LogP) is 2.33. The van der Waals surface area contributed by atoms with Crippen LogP contribution in [0.2, 0.25) is 0 Å². The second-order valence-electron chi connectivity index (χ2n) is 6.91. The van der Waals surface area contributed by atoms with Crippen LogP contribution in [0.25, 0.3) is 11.2 Å². The van der Waals surface area contributed by atoms with Gasteiger partial charge in [0, 0.05) is 19.0 Å². The van der Waals surface area contributed by atoms with Crippen LogP contribution in [0.5, 0.6) is 0 Å². The lowest BCUT2D eigenvalue weighted by molar-refractivity contribution is 0.0744. The van der Waals surface area contributed by atoms with Gasteiger partial charge in [-0.25, -0.2) is 9.78 Å². The number of rotatable bonds is 7. The Balaban J connectivity index is 2.61. The number of fused-ring (bicyclic) bond motifs is 1. The Morgan fingerprint density at radius 2 is 2.00 bits per heavy atom. The van der Waals surface area contributed by atoms with Crippen LogP contribution in [0.4, 0.5) is 0 Å². The molecule has 0 aliphatic heterocycles. The molecule has 2 heterocycles. The molecule has 0 bridgehead atoms. The summed E-state index contributed by atoms with van der Waals surface area (Å²) in [6.45, 7) is 9.56. The quantitative estimate of drug-likeness (QED) is 0.569. The highest BCUT2D eigenvalue weighted by molar-refractivity contribution is 5.91. The number of unbranched alkanes of at least 4 members (excludes halogenated alkanes) is 2. The third-order valence-electron chi connectivity index (χ3n) is 4.75. The highest BCUT2D eigenvalue weighted by atomic mass is 16.2. The first kappa shape index (κ1) is 18.9. The van der Waals surface area contributed by atoms with E-state index >= 15 is 0 Å². The van der Waals surface area contributed by atoms with Crippen LogP contribution in [0.3, 0.4) is 0 Å². The van der Waals surface area contributed by atoms with Crippen molar-refractivity contribution in [3.8, 4) is 0 Å². The smallest absolute Gasteiger partial charge is 0.279 e. The number of aryl methyl sites for hydroxylation is 1.